The highest BCUT2D eigenvalue weighted by Gasteiger charge is 2.07. The number of benzene rings is 1. The molecule has 6 nitrogen and oxygen atoms in total. The summed E-state index contributed by atoms with van der Waals surface area (Å²) in [6.07, 6.45) is 5.14. The van der Waals surface area contributed by atoms with Crippen molar-refractivity contribution in [2.75, 3.05) is 29.9 Å². The first-order valence-corrected chi connectivity index (χ1v) is 8.26. The summed E-state index contributed by atoms with van der Waals surface area (Å²) in [7, 11) is 0. The lowest BCUT2D eigenvalue weighted by Crippen LogP contribution is -2.32. The van der Waals surface area contributed by atoms with Crippen LogP contribution in [0.4, 0.5) is 10.1 Å². The fourth-order valence-electron chi connectivity index (χ4n) is 1.57. The molecule has 0 unspecified atom stereocenters. The van der Waals surface area contributed by atoms with Crippen LogP contribution in [-0.4, -0.2) is 42.3 Å². The van der Waals surface area contributed by atoms with Gasteiger partial charge in [0, 0.05) is 18.7 Å². The molecule has 3 N–H and O–H groups in total. The van der Waals surface area contributed by atoms with Crippen LogP contribution >= 0.6 is 11.8 Å². The molecule has 1 rings (SSSR count). The average Bonchev–Trinajstić information content (AvgIpc) is 2.55. The Balaban J connectivity index is 2.12. The van der Waals surface area contributed by atoms with Crippen LogP contribution in [0.15, 0.2) is 24.3 Å². The van der Waals surface area contributed by atoms with Gasteiger partial charge in [-0.25, -0.2) is 4.39 Å². The molecule has 24 heavy (non-hydrogen) atoms. The van der Waals surface area contributed by atoms with E-state index in [1.165, 1.54) is 24.3 Å². The molecule has 1 aromatic carbocycles. The van der Waals surface area contributed by atoms with E-state index < -0.39 is 0 Å². The maximum absolute atomic E-state index is 12.7. The minimum absolute atomic E-state index is 0.0907. The third-order valence-corrected chi connectivity index (χ3v) is 3.59. The Bertz CT molecular complexity index is 614. The molecule has 0 spiro atoms. The van der Waals surface area contributed by atoms with Gasteiger partial charge in [-0.1, -0.05) is 5.92 Å². The van der Waals surface area contributed by atoms with Crippen molar-refractivity contribution in [3.8, 4) is 12.3 Å². The minimum Gasteiger partial charge on any atom is -0.355 e. The van der Waals surface area contributed by atoms with Gasteiger partial charge < -0.3 is 16.0 Å². The number of carbonyl (C=O) groups excluding carboxylic acids is 3. The maximum Gasteiger partial charge on any atom is 0.234 e. The molecule has 0 aliphatic rings. The average molecular weight is 351 g/mol. The molecule has 0 heterocycles. The third kappa shape index (κ3) is 8.80. The predicted molar refractivity (Wildman–Crippen MR) is 91.8 cm³/mol. The third-order valence-electron chi connectivity index (χ3n) is 2.66. The predicted octanol–water partition coefficient (Wildman–Crippen LogP) is 0.753. The van der Waals surface area contributed by atoms with E-state index >= 15 is 0 Å². The van der Waals surface area contributed by atoms with E-state index in [1.54, 1.807) is 0 Å². The Labute approximate surface area is 144 Å². The molecule has 128 valence electrons. The van der Waals surface area contributed by atoms with Crippen molar-refractivity contribution >= 4 is 35.2 Å². The van der Waals surface area contributed by atoms with Crippen molar-refractivity contribution in [3.63, 3.8) is 0 Å². The van der Waals surface area contributed by atoms with E-state index in [4.69, 9.17) is 6.42 Å². The molecule has 1 aromatic rings. The molecule has 0 radical (unpaired) electrons. The summed E-state index contributed by atoms with van der Waals surface area (Å²) in [4.78, 5) is 34.4. The lowest BCUT2D eigenvalue weighted by atomic mass is 10.3. The molecule has 0 atom stereocenters. The summed E-state index contributed by atoms with van der Waals surface area (Å²) in [6, 6.07) is 5.40. The van der Waals surface area contributed by atoms with Gasteiger partial charge in [0.15, 0.2) is 0 Å². The van der Waals surface area contributed by atoms with Crippen LogP contribution < -0.4 is 16.0 Å². The van der Waals surface area contributed by atoms with Gasteiger partial charge in [-0.2, -0.15) is 0 Å². The fraction of sp³-hybridized carbons (Fsp3) is 0.312. The standard InChI is InChI=1S/C16H18FN3O3S/c1-2-8-18-14(21)7-9-19-15(22)10-24-11-16(23)20-13-5-3-12(17)4-6-13/h1,3-6H,7-11H2,(H,18,21)(H,19,22)(H,20,23). The molecule has 8 heteroatoms. The van der Waals surface area contributed by atoms with E-state index in [-0.39, 0.29) is 54.6 Å². The van der Waals surface area contributed by atoms with Crippen LogP contribution in [0.1, 0.15) is 6.42 Å². The number of thioether (sulfide) groups is 1. The zero-order valence-electron chi connectivity index (χ0n) is 12.9. The molecule has 0 aliphatic heterocycles. The fourth-order valence-corrected chi connectivity index (χ4v) is 2.22. The van der Waals surface area contributed by atoms with Crippen molar-refractivity contribution in [1.29, 1.82) is 0 Å². The molecule has 3 amide bonds. The van der Waals surface area contributed by atoms with Gasteiger partial charge in [0.25, 0.3) is 0 Å². The van der Waals surface area contributed by atoms with E-state index in [1.807, 2.05) is 0 Å². The Morgan fingerprint density at radius 3 is 2.38 bits per heavy atom. The highest BCUT2D eigenvalue weighted by atomic mass is 32.2. The summed E-state index contributed by atoms with van der Waals surface area (Å²) in [5, 5.41) is 7.65. The minimum atomic E-state index is -0.382. The molecule has 0 saturated carbocycles. The lowest BCUT2D eigenvalue weighted by Gasteiger charge is -2.06. The first-order chi connectivity index (χ1) is 11.5. The highest BCUT2D eigenvalue weighted by molar-refractivity contribution is 8.00. The summed E-state index contributed by atoms with van der Waals surface area (Å²) in [6.45, 7) is 0.364. The highest BCUT2D eigenvalue weighted by Crippen LogP contribution is 2.09. The van der Waals surface area contributed by atoms with Gasteiger partial charge >= 0.3 is 0 Å². The summed E-state index contributed by atoms with van der Waals surface area (Å²) in [5.41, 5.74) is 0.490. The maximum atomic E-state index is 12.7. The van der Waals surface area contributed by atoms with Crippen LogP contribution in [0.3, 0.4) is 0 Å². The number of hydrogen-bond donors (Lipinski definition) is 3. The normalized spacial score (nSPS) is 9.67. The number of halogens is 1. The Morgan fingerprint density at radius 2 is 1.71 bits per heavy atom. The number of carbonyl (C=O) groups is 3. The molecule has 0 fully saturated rings. The second-order valence-electron chi connectivity index (χ2n) is 4.63. The van der Waals surface area contributed by atoms with Crippen molar-refractivity contribution in [2.45, 2.75) is 6.42 Å². The number of anilines is 1. The molecular weight excluding hydrogens is 333 g/mol. The summed E-state index contributed by atoms with van der Waals surface area (Å²) >= 11 is 1.14. The summed E-state index contributed by atoms with van der Waals surface area (Å²) < 4.78 is 12.7. The number of hydrogen-bond acceptors (Lipinski definition) is 4. The van der Waals surface area contributed by atoms with E-state index in [0.717, 1.165) is 11.8 Å². The van der Waals surface area contributed by atoms with Gasteiger partial charge in [-0.3, -0.25) is 14.4 Å². The van der Waals surface area contributed by atoms with Crippen molar-refractivity contribution in [3.05, 3.63) is 30.1 Å². The molecule has 0 saturated heterocycles. The van der Waals surface area contributed by atoms with E-state index in [2.05, 4.69) is 21.9 Å². The van der Waals surface area contributed by atoms with Crippen LogP contribution in [-0.2, 0) is 14.4 Å². The second-order valence-corrected chi connectivity index (χ2v) is 5.61. The van der Waals surface area contributed by atoms with Crippen LogP contribution in [0, 0.1) is 18.2 Å². The van der Waals surface area contributed by atoms with Crippen LogP contribution in [0.2, 0.25) is 0 Å². The number of amides is 3. The first-order valence-electron chi connectivity index (χ1n) is 7.11. The smallest absolute Gasteiger partial charge is 0.234 e. The Kier molecular flexibility index (Phi) is 9.01. The summed E-state index contributed by atoms with van der Waals surface area (Å²) in [5.74, 6) is 1.30. The van der Waals surface area contributed by atoms with Crippen molar-refractivity contribution in [2.24, 2.45) is 0 Å². The van der Waals surface area contributed by atoms with Gasteiger partial charge in [-0.15, -0.1) is 18.2 Å². The number of terminal acetylenes is 1. The van der Waals surface area contributed by atoms with Gasteiger partial charge in [0.2, 0.25) is 17.7 Å². The monoisotopic (exact) mass is 351 g/mol. The molecule has 0 aromatic heterocycles. The number of nitrogens with one attached hydrogen (secondary N) is 3. The van der Waals surface area contributed by atoms with Crippen LogP contribution in [0.25, 0.3) is 0 Å². The van der Waals surface area contributed by atoms with E-state index in [0.29, 0.717) is 5.69 Å². The SMILES string of the molecule is C#CCNC(=O)CCNC(=O)CSCC(=O)Nc1ccc(F)cc1. The number of rotatable bonds is 9. The van der Waals surface area contributed by atoms with Crippen LogP contribution in [0.5, 0.6) is 0 Å². The molecule has 0 aliphatic carbocycles. The van der Waals surface area contributed by atoms with Gasteiger partial charge in [0.1, 0.15) is 5.82 Å². The largest absolute Gasteiger partial charge is 0.355 e. The van der Waals surface area contributed by atoms with Crippen molar-refractivity contribution in [1.82, 2.24) is 10.6 Å². The zero-order valence-corrected chi connectivity index (χ0v) is 13.7. The van der Waals surface area contributed by atoms with Crippen molar-refractivity contribution < 1.29 is 18.8 Å². The lowest BCUT2D eigenvalue weighted by molar-refractivity contribution is -0.121. The second kappa shape index (κ2) is 11.1. The Morgan fingerprint density at radius 1 is 1.04 bits per heavy atom. The molecule has 0 bridgehead atoms. The van der Waals surface area contributed by atoms with Gasteiger partial charge in [-0.05, 0) is 24.3 Å². The topological polar surface area (TPSA) is 87.3 Å². The zero-order chi connectivity index (χ0) is 17.8. The first kappa shape index (κ1) is 19.5. The Hall–Kier alpha value is -2.53. The van der Waals surface area contributed by atoms with E-state index in [9.17, 15) is 18.8 Å². The van der Waals surface area contributed by atoms with Gasteiger partial charge in [0.05, 0.1) is 18.1 Å². The molecular formula is C16H18FN3O3S. The quantitative estimate of drug-likeness (QED) is 0.573.